The van der Waals surface area contributed by atoms with E-state index in [2.05, 4.69) is 48.3 Å². The summed E-state index contributed by atoms with van der Waals surface area (Å²) >= 11 is 0. The number of aliphatic hydroxyl groups excluding tert-OH is 1. The summed E-state index contributed by atoms with van der Waals surface area (Å²) in [7, 11) is 0. The number of nitrogens with zero attached hydrogens (tertiary/aromatic N) is 1. The molecule has 1 fully saturated rings. The fraction of sp³-hybridized carbons (Fsp3) is 0.647. The van der Waals surface area contributed by atoms with E-state index in [1.165, 1.54) is 30.5 Å². The fourth-order valence-electron chi connectivity index (χ4n) is 2.89. The fourth-order valence-corrected chi connectivity index (χ4v) is 2.89. The third kappa shape index (κ3) is 3.53. The molecular weight excluding hydrogens is 248 g/mol. The number of rotatable bonds is 8. The van der Waals surface area contributed by atoms with Crippen molar-refractivity contribution in [1.29, 1.82) is 0 Å². The molecular formula is C17H28N2O. The van der Waals surface area contributed by atoms with Crippen molar-refractivity contribution in [3.63, 3.8) is 0 Å². The molecule has 3 nitrogen and oxygen atoms in total. The van der Waals surface area contributed by atoms with Gasteiger partial charge in [0.2, 0.25) is 0 Å². The molecule has 1 saturated carbocycles. The smallest absolute Gasteiger partial charge is 0.0606 e. The standard InChI is InChI=1S/C17H28N2O/c1-3-11-18-14(2)16-9-4-5-10-17(16)19(12-13-20)15-7-6-8-15/h4-5,9-10,14-15,18,20H,3,6-8,11-13H2,1-2H3. The third-order valence-electron chi connectivity index (χ3n) is 4.27. The summed E-state index contributed by atoms with van der Waals surface area (Å²) in [6.45, 7) is 6.42. The van der Waals surface area contributed by atoms with E-state index in [0.29, 0.717) is 12.1 Å². The van der Waals surface area contributed by atoms with E-state index in [4.69, 9.17) is 0 Å². The van der Waals surface area contributed by atoms with Crippen molar-refractivity contribution in [1.82, 2.24) is 5.32 Å². The van der Waals surface area contributed by atoms with E-state index >= 15 is 0 Å². The molecule has 1 unspecified atom stereocenters. The maximum Gasteiger partial charge on any atom is 0.0606 e. The van der Waals surface area contributed by atoms with Crippen LogP contribution in [0.2, 0.25) is 0 Å². The second-order valence-electron chi connectivity index (χ2n) is 5.74. The predicted molar refractivity (Wildman–Crippen MR) is 85.2 cm³/mol. The highest BCUT2D eigenvalue weighted by atomic mass is 16.3. The molecule has 20 heavy (non-hydrogen) atoms. The highest BCUT2D eigenvalue weighted by Gasteiger charge is 2.26. The van der Waals surface area contributed by atoms with Gasteiger partial charge in [-0.05, 0) is 50.8 Å². The Morgan fingerprint density at radius 3 is 2.70 bits per heavy atom. The van der Waals surface area contributed by atoms with Crippen molar-refractivity contribution in [2.24, 2.45) is 0 Å². The Balaban J connectivity index is 2.19. The number of nitrogens with one attached hydrogen (secondary N) is 1. The summed E-state index contributed by atoms with van der Waals surface area (Å²) in [4.78, 5) is 2.41. The number of hydrogen-bond donors (Lipinski definition) is 2. The molecule has 0 heterocycles. The first-order chi connectivity index (χ1) is 9.77. The van der Waals surface area contributed by atoms with Gasteiger partial charge in [0.15, 0.2) is 0 Å². The summed E-state index contributed by atoms with van der Waals surface area (Å²) in [6, 6.07) is 9.60. The van der Waals surface area contributed by atoms with Crippen molar-refractivity contribution >= 4 is 5.69 Å². The average Bonchev–Trinajstić information content (AvgIpc) is 2.42. The summed E-state index contributed by atoms with van der Waals surface area (Å²) < 4.78 is 0. The van der Waals surface area contributed by atoms with E-state index in [1.54, 1.807) is 0 Å². The van der Waals surface area contributed by atoms with Gasteiger partial charge < -0.3 is 15.3 Å². The second kappa shape index (κ2) is 7.65. The molecule has 1 atom stereocenters. The SMILES string of the molecule is CCCNC(C)c1ccccc1N(CCO)C1CCC1. The van der Waals surface area contributed by atoms with Crippen LogP contribution >= 0.6 is 0 Å². The van der Waals surface area contributed by atoms with Crippen LogP contribution in [0.25, 0.3) is 0 Å². The van der Waals surface area contributed by atoms with Gasteiger partial charge in [0.25, 0.3) is 0 Å². The second-order valence-corrected chi connectivity index (χ2v) is 5.74. The topological polar surface area (TPSA) is 35.5 Å². The molecule has 0 saturated heterocycles. The van der Waals surface area contributed by atoms with Gasteiger partial charge in [-0.25, -0.2) is 0 Å². The molecule has 1 aliphatic rings. The van der Waals surface area contributed by atoms with Gasteiger partial charge >= 0.3 is 0 Å². The molecule has 0 spiro atoms. The monoisotopic (exact) mass is 276 g/mol. The van der Waals surface area contributed by atoms with Gasteiger partial charge in [0.05, 0.1) is 6.61 Å². The predicted octanol–water partition coefficient (Wildman–Crippen LogP) is 3.10. The Hall–Kier alpha value is -1.06. The Labute approximate surface area is 123 Å². The molecule has 1 aliphatic carbocycles. The highest BCUT2D eigenvalue weighted by Crippen LogP contribution is 2.33. The van der Waals surface area contributed by atoms with Gasteiger partial charge in [0.1, 0.15) is 0 Å². The lowest BCUT2D eigenvalue weighted by molar-refractivity contribution is 0.283. The molecule has 1 aromatic rings. The van der Waals surface area contributed by atoms with E-state index in [0.717, 1.165) is 19.5 Å². The Kier molecular flexibility index (Phi) is 5.86. The van der Waals surface area contributed by atoms with Crippen molar-refractivity contribution in [3.05, 3.63) is 29.8 Å². The van der Waals surface area contributed by atoms with Crippen LogP contribution in [-0.4, -0.2) is 30.8 Å². The van der Waals surface area contributed by atoms with Crippen LogP contribution in [0.15, 0.2) is 24.3 Å². The molecule has 0 aliphatic heterocycles. The quantitative estimate of drug-likeness (QED) is 0.766. The lowest BCUT2D eigenvalue weighted by atomic mass is 9.90. The maximum atomic E-state index is 9.38. The van der Waals surface area contributed by atoms with Crippen LogP contribution in [0.1, 0.15) is 51.1 Å². The van der Waals surface area contributed by atoms with E-state index in [1.807, 2.05) is 0 Å². The average molecular weight is 276 g/mol. The van der Waals surface area contributed by atoms with Gasteiger partial charge in [-0.1, -0.05) is 25.1 Å². The van der Waals surface area contributed by atoms with E-state index in [-0.39, 0.29) is 6.61 Å². The number of para-hydroxylation sites is 1. The summed E-state index contributed by atoms with van der Waals surface area (Å²) in [6.07, 6.45) is 4.98. The zero-order valence-corrected chi connectivity index (χ0v) is 12.8. The largest absolute Gasteiger partial charge is 0.395 e. The summed E-state index contributed by atoms with van der Waals surface area (Å²) in [5.41, 5.74) is 2.64. The Morgan fingerprint density at radius 2 is 2.10 bits per heavy atom. The zero-order valence-electron chi connectivity index (χ0n) is 12.8. The first-order valence-electron chi connectivity index (χ1n) is 7.97. The molecule has 112 valence electrons. The van der Waals surface area contributed by atoms with Crippen LogP contribution in [0.5, 0.6) is 0 Å². The minimum absolute atomic E-state index is 0.224. The third-order valence-corrected chi connectivity index (χ3v) is 4.27. The first kappa shape index (κ1) is 15.3. The van der Waals surface area contributed by atoms with Crippen LogP contribution in [0.3, 0.4) is 0 Å². The summed E-state index contributed by atoms with van der Waals surface area (Å²) in [5.74, 6) is 0. The maximum absolute atomic E-state index is 9.38. The Morgan fingerprint density at radius 1 is 1.35 bits per heavy atom. The molecule has 0 amide bonds. The molecule has 0 bridgehead atoms. The molecule has 0 aromatic heterocycles. The highest BCUT2D eigenvalue weighted by molar-refractivity contribution is 5.56. The normalized spacial score (nSPS) is 16.8. The lowest BCUT2D eigenvalue weighted by Crippen LogP contribution is -2.42. The van der Waals surface area contributed by atoms with Crippen LogP contribution in [-0.2, 0) is 0 Å². The van der Waals surface area contributed by atoms with Gasteiger partial charge in [-0.3, -0.25) is 0 Å². The molecule has 3 heteroatoms. The van der Waals surface area contributed by atoms with Gasteiger partial charge in [-0.2, -0.15) is 0 Å². The zero-order chi connectivity index (χ0) is 14.4. The number of anilines is 1. The van der Waals surface area contributed by atoms with Gasteiger partial charge in [0, 0.05) is 24.3 Å². The number of benzene rings is 1. The minimum atomic E-state index is 0.224. The van der Waals surface area contributed by atoms with Crippen molar-refractivity contribution in [2.75, 3.05) is 24.6 Å². The van der Waals surface area contributed by atoms with Crippen molar-refractivity contribution < 1.29 is 5.11 Å². The van der Waals surface area contributed by atoms with E-state index < -0.39 is 0 Å². The lowest BCUT2D eigenvalue weighted by Gasteiger charge is -2.40. The van der Waals surface area contributed by atoms with Crippen LogP contribution < -0.4 is 10.2 Å². The molecule has 2 rings (SSSR count). The number of aliphatic hydroxyl groups is 1. The Bertz CT molecular complexity index is 404. The first-order valence-corrected chi connectivity index (χ1v) is 7.97. The molecule has 1 aromatic carbocycles. The van der Waals surface area contributed by atoms with Gasteiger partial charge in [-0.15, -0.1) is 0 Å². The molecule has 2 N–H and O–H groups in total. The molecule has 0 radical (unpaired) electrons. The van der Waals surface area contributed by atoms with Crippen LogP contribution in [0, 0.1) is 0 Å². The van der Waals surface area contributed by atoms with Crippen LogP contribution in [0.4, 0.5) is 5.69 Å². The number of hydrogen-bond acceptors (Lipinski definition) is 3. The summed E-state index contributed by atoms with van der Waals surface area (Å²) in [5, 5.41) is 13.0. The van der Waals surface area contributed by atoms with E-state index in [9.17, 15) is 5.11 Å². The van der Waals surface area contributed by atoms with Crippen molar-refractivity contribution in [3.8, 4) is 0 Å². The minimum Gasteiger partial charge on any atom is -0.395 e. The van der Waals surface area contributed by atoms with Crippen molar-refractivity contribution in [2.45, 2.75) is 51.6 Å².